The maximum Gasteiger partial charge on any atom is 0.224 e. The van der Waals surface area contributed by atoms with Gasteiger partial charge in [0.05, 0.1) is 18.3 Å². The smallest absolute Gasteiger partial charge is 0.224 e. The minimum Gasteiger partial charge on any atom is -0.355 e. The number of carbonyl (C=O) groups excluding carboxylic acids is 1. The molecule has 2 aromatic carbocycles. The number of aromatic nitrogens is 2. The standard InChI is InChI=1S/C19H18FN3O/c20-18-9-5-4-6-16(18)12-19(24)21-11-10-15-13-22-23(14-15)17-7-2-1-3-8-17/h1-9,13-14H,10-12H2,(H,21,24). The van der Waals surface area contributed by atoms with Gasteiger partial charge in [0.2, 0.25) is 5.91 Å². The van der Waals surface area contributed by atoms with Gasteiger partial charge in [-0.15, -0.1) is 0 Å². The highest BCUT2D eigenvalue weighted by molar-refractivity contribution is 5.78. The van der Waals surface area contributed by atoms with Crippen LogP contribution >= 0.6 is 0 Å². The van der Waals surface area contributed by atoms with Gasteiger partial charge in [-0.1, -0.05) is 36.4 Å². The van der Waals surface area contributed by atoms with E-state index in [1.807, 2.05) is 36.5 Å². The Morgan fingerprint density at radius 2 is 1.83 bits per heavy atom. The van der Waals surface area contributed by atoms with Gasteiger partial charge in [0.25, 0.3) is 0 Å². The van der Waals surface area contributed by atoms with Gasteiger partial charge in [0, 0.05) is 12.7 Å². The van der Waals surface area contributed by atoms with Crippen molar-refractivity contribution in [1.82, 2.24) is 15.1 Å². The van der Waals surface area contributed by atoms with Crippen LogP contribution in [0.1, 0.15) is 11.1 Å². The first-order chi connectivity index (χ1) is 11.7. The van der Waals surface area contributed by atoms with E-state index in [0.717, 1.165) is 11.3 Å². The summed E-state index contributed by atoms with van der Waals surface area (Å²) in [4.78, 5) is 11.9. The number of nitrogens with one attached hydrogen (secondary N) is 1. The Hall–Kier alpha value is -2.95. The average molecular weight is 323 g/mol. The number of para-hydroxylation sites is 1. The Morgan fingerprint density at radius 3 is 2.62 bits per heavy atom. The zero-order chi connectivity index (χ0) is 16.8. The Morgan fingerprint density at radius 1 is 1.08 bits per heavy atom. The Kier molecular flexibility index (Phi) is 5.01. The van der Waals surface area contributed by atoms with Gasteiger partial charge in [-0.05, 0) is 35.7 Å². The van der Waals surface area contributed by atoms with Gasteiger partial charge in [0.15, 0.2) is 0 Å². The second-order valence-electron chi connectivity index (χ2n) is 5.50. The molecule has 3 aromatic rings. The average Bonchev–Trinajstić information content (AvgIpc) is 3.07. The van der Waals surface area contributed by atoms with E-state index in [9.17, 15) is 9.18 Å². The summed E-state index contributed by atoms with van der Waals surface area (Å²) < 4.78 is 15.3. The largest absolute Gasteiger partial charge is 0.355 e. The van der Waals surface area contributed by atoms with Crippen LogP contribution in [-0.2, 0) is 17.6 Å². The highest BCUT2D eigenvalue weighted by Crippen LogP contribution is 2.08. The molecule has 1 heterocycles. The number of amides is 1. The van der Waals surface area contributed by atoms with Crippen molar-refractivity contribution in [2.75, 3.05) is 6.54 Å². The van der Waals surface area contributed by atoms with Crippen molar-refractivity contribution in [3.8, 4) is 5.69 Å². The third kappa shape index (κ3) is 4.07. The molecule has 0 fully saturated rings. The predicted octanol–water partition coefficient (Wildman–Crippen LogP) is 2.91. The molecular formula is C19H18FN3O. The summed E-state index contributed by atoms with van der Waals surface area (Å²) in [7, 11) is 0. The number of hydrogen-bond acceptors (Lipinski definition) is 2. The van der Waals surface area contributed by atoms with Crippen LogP contribution in [0, 0.1) is 5.82 Å². The summed E-state index contributed by atoms with van der Waals surface area (Å²) in [5.74, 6) is -0.535. The summed E-state index contributed by atoms with van der Waals surface area (Å²) in [5.41, 5.74) is 2.43. The van der Waals surface area contributed by atoms with E-state index in [2.05, 4.69) is 10.4 Å². The predicted molar refractivity (Wildman–Crippen MR) is 90.4 cm³/mol. The molecule has 0 spiro atoms. The Labute approximate surface area is 139 Å². The SMILES string of the molecule is O=C(Cc1ccccc1F)NCCc1cnn(-c2ccccc2)c1. The molecule has 0 aliphatic carbocycles. The van der Waals surface area contributed by atoms with Crippen LogP contribution in [0.2, 0.25) is 0 Å². The zero-order valence-corrected chi connectivity index (χ0v) is 13.2. The van der Waals surface area contributed by atoms with Gasteiger partial charge in [-0.25, -0.2) is 9.07 Å². The normalized spacial score (nSPS) is 10.5. The number of nitrogens with zero attached hydrogens (tertiary/aromatic N) is 2. The van der Waals surface area contributed by atoms with Gasteiger partial charge in [0.1, 0.15) is 5.82 Å². The topological polar surface area (TPSA) is 46.9 Å². The van der Waals surface area contributed by atoms with E-state index in [1.165, 1.54) is 6.07 Å². The van der Waals surface area contributed by atoms with Crippen LogP contribution in [-0.4, -0.2) is 22.2 Å². The lowest BCUT2D eigenvalue weighted by molar-refractivity contribution is -0.120. The molecule has 0 unspecified atom stereocenters. The second kappa shape index (κ2) is 7.55. The van der Waals surface area contributed by atoms with Crippen LogP contribution < -0.4 is 5.32 Å². The first kappa shape index (κ1) is 15.9. The molecule has 0 radical (unpaired) electrons. The van der Waals surface area contributed by atoms with Gasteiger partial charge in [-0.3, -0.25) is 4.79 Å². The molecule has 1 amide bonds. The van der Waals surface area contributed by atoms with Crippen molar-refractivity contribution in [2.45, 2.75) is 12.8 Å². The molecular weight excluding hydrogens is 305 g/mol. The monoisotopic (exact) mass is 323 g/mol. The van der Waals surface area contributed by atoms with E-state index in [4.69, 9.17) is 0 Å². The molecule has 0 atom stereocenters. The first-order valence-electron chi connectivity index (χ1n) is 7.81. The molecule has 1 N–H and O–H groups in total. The number of carbonyl (C=O) groups is 1. The van der Waals surface area contributed by atoms with Gasteiger partial charge in [-0.2, -0.15) is 5.10 Å². The van der Waals surface area contributed by atoms with E-state index in [0.29, 0.717) is 18.5 Å². The second-order valence-corrected chi connectivity index (χ2v) is 5.50. The number of rotatable bonds is 6. The molecule has 1 aromatic heterocycles. The molecule has 3 rings (SSSR count). The van der Waals surface area contributed by atoms with Crippen LogP contribution in [0.5, 0.6) is 0 Å². The fourth-order valence-electron chi connectivity index (χ4n) is 2.43. The molecule has 0 aliphatic rings. The third-order valence-electron chi connectivity index (χ3n) is 3.70. The van der Waals surface area contributed by atoms with Crippen molar-refractivity contribution in [2.24, 2.45) is 0 Å². The maximum atomic E-state index is 13.5. The number of benzene rings is 2. The summed E-state index contributed by atoms with van der Waals surface area (Å²) in [6.45, 7) is 0.494. The minimum atomic E-state index is -0.350. The molecule has 122 valence electrons. The lowest BCUT2D eigenvalue weighted by Gasteiger charge is -2.05. The maximum absolute atomic E-state index is 13.5. The van der Waals surface area contributed by atoms with Crippen molar-refractivity contribution in [1.29, 1.82) is 0 Å². The van der Waals surface area contributed by atoms with Crippen LogP contribution in [0.25, 0.3) is 5.69 Å². The summed E-state index contributed by atoms with van der Waals surface area (Å²) in [6.07, 6.45) is 4.46. The first-order valence-corrected chi connectivity index (χ1v) is 7.81. The summed E-state index contributed by atoms with van der Waals surface area (Å²) in [6, 6.07) is 16.2. The van der Waals surface area contributed by atoms with Gasteiger partial charge < -0.3 is 5.32 Å². The van der Waals surface area contributed by atoms with Crippen LogP contribution in [0.15, 0.2) is 67.0 Å². The van der Waals surface area contributed by atoms with E-state index >= 15 is 0 Å². The van der Waals surface area contributed by atoms with Crippen molar-refractivity contribution in [3.05, 3.63) is 83.9 Å². The molecule has 24 heavy (non-hydrogen) atoms. The molecule has 0 saturated carbocycles. The Balaban J connectivity index is 1.49. The summed E-state index contributed by atoms with van der Waals surface area (Å²) >= 11 is 0. The quantitative estimate of drug-likeness (QED) is 0.758. The third-order valence-corrected chi connectivity index (χ3v) is 3.70. The lowest BCUT2D eigenvalue weighted by atomic mass is 10.1. The lowest BCUT2D eigenvalue weighted by Crippen LogP contribution is -2.27. The molecule has 0 aliphatic heterocycles. The van der Waals surface area contributed by atoms with E-state index < -0.39 is 0 Å². The van der Waals surface area contributed by atoms with Crippen molar-refractivity contribution in [3.63, 3.8) is 0 Å². The van der Waals surface area contributed by atoms with Crippen molar-refractivity contribution < 1.29 is 9.18 Å². The highest BCUT2D eigenvalue weighted by Gasteiger charge is 2.07. The number of hydrogen-bond donors (Lipinski definition) is 1. The highest BCUT2D eigenvalue weighted by atomic mass is 19.1. The van der Waals surface area contributed by atoms with Crippen molar-refractivity contribution >= 4 is 5.91 Å². The molecule has 0 bridgehead atoms. The summed E-state index contributed by atoms with van der Waals surface area (Å²) in [5, 5.41) is 7.13. The van der Waals surface area contributed by atoms with E-state index in [1.54, 1.807) is 29.1 Å². The van der Waals surface area contributed by atoms with Crippen LogP contribution in [0.3, 0.4) is 0 Å². The van der Waals surface area contributed by atoms with Crippen LogP contribution in [0.4, 0.5) is 4.39 Å². The molecule has 0 saturated heterocycles. The zero-order valence-electron chi connectivity index (χ0n) is 13.2. The van der Waals surface area contributed by atoms with E-state index in [-0.39, 0.29) is 18.1 Å². The fourth-order valence-corrected chi connectivity index (χ4v) is 2.43. The van der Waals surface area contributed by atoms with Gasteiger partial charge >= 0.3 is 0 Å². The molecule has 5 heteroatoms. The Bertz CT molecular complexity index is 814. The minimum absolute atomic E-state index is 0.0515. The molecule has 4 nitrogen and oxygen atoms in total. The number of halogens is 1. The fraction of sp³-hybridized carbons (Fsp3) is 0.158.